The maximum absolute atomic E-state index is 14.3. The summed E-state index contributed by atoms with van der Waals surface area (Å²) in [6.45, 7) is -0.323. The van der Waals surface area contributed by atoms with Crippen molar-refractivity contribution < 1.29 is 41.7 Å². The molecule has 12 nitrogen and oxygen atoms in total. The van der Waals surface area contributed by atoms with Crippen molar-refractivity contribution in [1.29, 1.82) is 0 Å². The fourth-order valence-electron chi connectivity index (χ4n) is 5.81. The minimum Gasteiger partial charge on any atom is -0.449 e. The van der Waals surface area contributed by atoms with Crippen LogP contribution in [-0.2, 0) is 51.8 Å². The fraction of sp³-hybridized carbons (Fsp3) is 0.205. The molecule has 54 heavy (non-hydrogen) atoms. The molecule has 0 aliphatic heterocycles. The van der Waals surface area contributed by atoms with Gasteiger partial charge in [-0.1, -0.05) is 140 Å². The van der Waals surface area contributed by atoms with E-state index in [1.165, 1.54) is 0 Å². The van der Waals surface area contributed by atoms with Gasteiger partial charge in [-0.25, -0.2) is 15.0 Å². The molecule has 4 N–H and O–H groups in total. The second kappa shape index (κ2) is 18.4. The normalized spacial score (nSPS) is 15.6. The van der Waals surface area contributed by atoms with E-state index in [1.807, 2.05) is 66.7 Å². The molecule has 0 bridgehead atoms. The first-order chi connectivity index (χ1) is 26.1. The van der Waals surface area contributed by atoms with Crippen LogP contribution in [0.25, 0.3) is 11.1 Å². The monoisotopic (exact) mass is 789 g/mol. The maximum atomic E-state index is 14.3. The summed E-state index contributed by atoms with van der Waals surface area (Å²) in [5.41, 5.74) is 6.32. The molecule has 0 heterocycles. The Morgan fingerprint density at radius 3 is 1.44 bits per heavy atom. The Bertz CT molecular complexity index is 2100. The van der Waals surface area contributed by atoms with Crippen LogP contribution in [0, 0.1) is 0 Å². The van der Waals surface area contributed by atoms with Gasteiger partial charge in [0.15, 0.2) is 0 Å². The molecule has 1 aliphatic rings. The summed E-state index contributed by atoms with van der Waals surface area (Å²) >= 11 is 0. The summed E-state index contributed by atoms with van der Waals surface area (Å²) in [6, 6.07) is 42.7. The van der Waals surface area contributed by atoms with Gasteiger partial charge in [0, 0.05) is 5.92 Å². The molecule has 0 saturated carbocycles. The van der Waals surface area contributed by atoms with E-state index in [4.69, 9.17) is 18.3 Å². The molecule has 0 aromatic heterocycles. The highest BCUT2D eigenvalue weighted by Crippen LogP contribution is 2.52. The van der Waals surface area contributed by atoms with Gasteiger partial charge in [-0.15, -0.1) is 0 Å². The van der Waals surface area contributed by atoms with Gasteiger partial charge in [0.05, 0.1) is 26.1 Å². The Morgan fingerprint density at radius 2 is 0.944 bits per heavy atom. The van der Waals surface area contributed by atoms with E-state index in [9.17, 15) is 23.4 Å². The first-order valence-electron chi connectivity index (χ1n) is 17.2. The zero-order chi connectivity index (χ0) is 37.9. The molecule has 5 aromatic carbocycles. The molecule has 5 aromatic rings. The predicted octanol–water partition coefficient (Wildman–Crippen LogP) is 8.80. The zero-order valence-electron chi connectivity index (χ0n) is 29.4. The average Bonchev–Trinajstić information content (AvgIpc) is 3.53. The van der Waals surface area contributed by atoms with Gasteiger partial charge in [0.25, 0.3) is 15.0 Å². The molecule has 0 spiro atoms. The molecule has 1 amide bonds. The first kappa shape index (κ1) is 39.5. The highest BCUT2D eigenvalue weighted by atomic mass is 31.2. The largest absolute Gasteiger partial charge is 0.449 e. The highest BCUT2D eigenvalue weighted by Gasteiger charge is 2.34. The van der Waals surface area contributed by atoms with Crippen molar-refractivity contribution in [2.24, 2.45) is 0 Å². The van der Waals surface area contributed by atoms with Gasteiger partial charge in [0.1, 0.15) is 19.2 Å². The van der Waals surface area contributed by atoms with Crippen LogP contribution >= 0.6 is 22.6 Å². The van der Waals surface area contributed by atoms with E-state index >= 15 is 0 Å². The number of ether oxygens (including phenoxy) is 1. The number of fused-ring (bicyclic) bond motifs is 3. The van der Waals surface area contributed by atoms with Crippen molar-refractivity contribution in [1.82, 2.24) is 15.5 Å². The van der Waals surface area contributed by atoms with Gasteiger partial charge in [0.2, 0.25) is 0 Å². The Morgan fingerprint density at radius 1 is 0.537 bits per heavy atom. The van der Waals surface area contributed by atoms with Gasteiger partial charge in [-0.3, -0.25) is 13.7 Å². The molecule has 0 fully saturated rings. The number of rotatable bonds is 19. The summed E-state index contributed by atoms with van der Waals surface area (Å²) in [7, 11) is -12.4. The third kappa shape index (κ3) is 11.2. The van der Waals surface area contributed by atoms with Crippen molar-refractivity contribution in [2.45, 2.75) is 25.7 Å². The number of hydrogen-bond donors (Lipinski definition) is 4. The lowest BCUT2D eigenvalue weighted by Crippen LogP contribution is -2.32. The lowest BCUT2D eigenvalue weighted by atomic mass is 9.98. The van der Waals surface area contributed by atoms with E-state index in [-0.39, 0.29) is 32.3 Å². The summed E-state index contributed by atoms with van der Waals surface area (Å²) in [5.74, 6) is -0.180. The molecule has 3 unspecified atom stereocenters. The number of hydrogen-bond acceptors (Lipinski definition) is 8. The molecule has 0 radical (unpaired) electrons. The third-order valence-corrected chi connectivity index (χ3v) is 13.8. The van der Waals surface area contributed by atoms with Crippen molar-refractivity contribution in [3.05, 3.63) is 167 Å². The van der Waals surface area contributed by atoms with Crippen molar-refractivity contribution in [3.8, 4) is 11.1 Å². The SMILES string of the molecule is O=C(NCP(=O)(NCP(=O)(NCP(=O)(O)OCc1ccccc1)OCc1ccccc1)OCc1ccccc1)OCC1c2ccccc2-c2ccccc21. The van der Waals surface area contributed by atoms with Crippen LogP contribution in [0.2, 0.25) is 0 Å². The molecule has 6 rings (SSSR count). The van der Waals surface area contributed by atoms with Crippen LogP contribution in [0.15, 0.2) is 140 Å². The van der Waals surface area contributed by atoms with Gasteiger partial charge >= 0.3 is 13.7 Å². The summed E-state index contributed by atoms with van der Waals surface area (Å²) in [5, 5.41) is 7.83. The van der Waals surface area contributed by atoms with Crippen molar-refractivity contribution >= 4 is 28.7 Å². The number of amides is 1. The van der Waals surface area contributed by atoms with Crippen LogP contribution in [0.1, 0.15) is 33.7 Å². The molecule has 0 saturated heterocycles. The summed E-state index contributed by atoms with van der Waals surface area (Å²) < 4.78 is 64.1. The van der Waals surface area contributed by atoms with E-state index in [0.29, 0.717) is 16.7 Å². The van der Waals surface area contributed by atoms with Gasteiger partial charge in [-0.2, -0.15) is 0 Å². The Balaban J connectivity index is 1.12. The molecule has 282 valence electrons. The number of carbonyl (C=O) groups excluding carboxylic acids is 1. The predicted molar refractivity (Wildman–Crippen MR) is 208 cm³/mol. The quantitative estimate of drug-likeness (QED) is 0.0592. The topological polar surface area (TPSA) is 162 Å². The number of nitrogens with one attached hydrogen (secondary N) is 3. The Labute approximate surface area is 314 Å². The van der Waals surface area contributed by atoms with Crippen LogP contribution < -0.4 is 15.5 Å². The number of benzene rings is 5. The van der Waals surface area contributed by atoms with Crippen molar-refractivity contribution in [3.63, 3.8) is 0 Å². The standard InChI is InChI=1S/C39H42N3O9P3/c43-39(48-27-38-36-22-12-10-20-34(36)35-21-11-13-23-37(35)38)40-28-52(44,49-24-31-14-4-1-5-15-31)41-29-53(45,50-25-32-16-6-2-7-17-32)42-30-54(46,47)51-26-33-18-8-3-9-19-33/h1-23,38H,24-30H2,(H,40,43)(H,41,44)(H,42,45)(H,46,47). The van der Waals surface area contributed by atoms with Crippen LogP contribution in [-0.4, -0.2) is 36.5 Å². The van der Waals surface area contributed by atoms with Gasteiger partial charge in [-0.05, 0) is 38.9 Å². The summed E-state index contributed by atoms with van der Waals surface area (Å²) in [4.78, 5) is 23.7. The average molecular weight is 790 g/mol. The lowest BCUT2D eigenvalue weighted by molar-refractivity contribution is 0.144. The first-order valence-corrected chi connectivity index (χ1v) is 22.6. The lowest BCUT2D eigenvalue weighted by Gasteiger charge is -2.25. The van der Waals surface area contributed by atoms with E-state index < -0.39 is 47.6 Å². The second-order valence-electron chi connectivity index (χ2n) is 12.6. The molecular weight excluding hydrogens is 747 g/mol. The molecule has 15 heteroatoms. The Hall–Kier alpha value is -4.18. The third-order valence-electron chi connectivity index (χ3n) is 8.65. The van der Waals surface area contributed by atoms with Gasteiger partial charge < -0.3 is 28.5 Å². The van der Waals surface area contributed by atoms with Crippen LogP contribution in [0.5, 0.6) is 0 Å². The Kier molecular flexibility index (Phi) is 13.5. The smallest absolute Gasteiger partial charge is 0.407 e. The number of alkyl carbamates (subject to hydrolysis) is 1. The number of carbonyl (C=O) groups is 1. The fourth-order valence-corrected chi connectivity index (χ4v) is 11.1. The summed E-state index contributed by atoms with van der Waals surface area (Å²) in [6.07, 6.45) is -2.65. The molecule has 1 aliphatic carbocycles. The van der Waals surface area contributed by atoms with Crippen LogP contribution in [0.3, 0.4) is 0 Å². The maximum Gasteiger partial charge on any atom is 0.407 e. The highest BCUT2D eigenvalue weighted by molar-refractivity contribution is 7.61. The van der Waals surface area contributed by atoms with Crippen LogP contribution in [0.4, 0.5) is 4.79 Å². The zero-order valence-corrected chi connectivity index (χ0v) is 32.0. The molecule has 3 atom stereocenters. The van der Waals surface area contributed by atoms with E-state index in [2.05, 4.69) is 15.5 Å². The second-order valence-corrected chi connectivity index (χ2v) is 18.9. The minimum absolute atomic E-state index is 0.0441. The minimum atomic E-state index is -4.32. The van der Waals surface area contributed by atoms with Crippen molar-refractivity contribution in [2.75, 3.05) is 25.5 Å². The van der Waals surface area contributed by atoms with E-state index in [0.717, 1.165) is 22.3 Å². The van der Waals surface area contributed by atoms with E-state index in [1.54, 1.807) is 72.8 Å². The molecular formula is C39H42N3O9P3.